The number of nitrogens with one attached hydrogen (secondary N) is 1. The summed E-state index contributed by atoms with van der Waals surface area (Å²) in [4.78, 5) is 11.7. The minimum Gasteiger partial charge on any atom is -0.323 e. The smallest absolute Gasteiger partial charge is 0.238 e. The molecule has 4 nitrogen and oxygen atoms in total. The summed E-state index contributed by atoms with van der Waals surface area (Å²) < 4.78 is 1.73. The van der Waals surface area contributed by atoms with Gasteiger partial charge >= 0.3 is 0 Å². The van der Waals surface area contributed by atoms with E-state index in [1.807, 2.05) is 43.5 Å². The van der Waals surface area contributed by atoms with Gasteiger partial charge in [0.15, 0.2) is 0 Å². The molecular formula is C13H14BrN3O. The molecule has 0 bridgehead atoms. The predicted octanol–water partition coefficient (Wildman–Crippen LogP) is 2.98. The zero-order chi connectivity index (χ0) is 13.0. The van der Waals surface area contributed by atoms with Crippen molar-refractivity contribution >= 4 is 27.5 Å². The molecule has 0 radical (unpaired) electrons. The maximum Gasteiger partial charge on any atom is 0.238 e. The maximum atomic E-state index is 11.9. The minimum absolute atomic E-state index is 0.0443. The van der Waals surface area contributed by atoms with Gasteiger partial charge in [-0.2, -0.15) is 5.10 Å². The molecule has 2 aromatic rings. The lowest BCUT2D eigenvalue weighted by atomic mass is 10.2. The first-order valence-electron chi connectivity index (χ1n) is 5.76. The van der Waals surface area contributed by atoms with Crippen molar-refractivity contribution in [3.63, 3.8) is 0 Å². The Labute approximate surface area is 114 Å². The van der Waals surface area contributed by atoms with Crippen LogP contribution in [0.1, 0.15) is 13.3 Å². The number of anilines is 1. The summed E-state index contributed by atoms with van der Waals surface area (Å²) in [6, 6.07) is 9.43. The number of carbonyl (C=O) groups is 1. The SMILES string of the molecule is CCC(Br)C(=O)Nc1ccccc1-n1cccn1. The fourth-order valence-electron chi connectivity index (χ4n) is 1.59. The molecule has 1 N–H and O–H groups in total. The largest absolute Gasteiger partial charge is 0.323 e. The Morgan fingerprint density at radius 2 is 2.22 bits per heavy atom. The van der Waals surface area contributed by atoms with Gasteiger partial charge < -0.3 is 5.32 Å². The highest BCUT2D eigenvalue weighted by Crippen LogP contribution is 2.20. The molecule has 1 aromatic heterocycles. The van der Waals surface area contributed by atoms with Gasteiger partial charge in [-0.15, -0.1) is 0 Å². The number of carbonyl (C=O) groups excluding carboxylic acids is 1. The number of nitrogens with zero attached hydrogens (tertiary/aromatic N) is 2. The fourth-order valence-corrected chi connectivity index (χ4v) is 1.70. The topological polar surface area (TPSA) is 46.9 Å². The van der Waals surface area contributed by atoms with Crippen LogP contribution in [0.3, 0.4) is 0 Å². The quantitative estimate of drug-likeness (QED) is 0.883. The molecule has 0 aliphatic rings. The van der Waals surface area contributed by atoms with Crippen molar-refractivity contribution in [1.29, 1.82) is 0 Å². The number of para-hydroxylation sites is 2. The highest BCUT2D eigenvalue weighted by atomic mass is 79.9. The molecule has 2 rings (SSSR count). The first-order chi connectivity index (χ1) is 8.72. The summed E-state index contributed by atoms with van der Waals surface area (Å²) in [5.74, 6) is -0.0443. The van der Waals surface area contributed by atoms with Crippen LogP contribution in [0.2, 0.25) is 0 Å². The van der Waals surface area contributed by atoms with Crippen molar-refractivity contribution in [2.45, 2.75) is 18.2 Å². The molecule has 1 heterocycles. The van der Waals surface area contributed by atoms with Gasteiger partial charge in [-0.05, 0) is 24.6 Å². The molecule has 5 heteroatoms. The van der Waals surface area contributed by atoms with Crippen LogP contribution in [0.15, 0.2) is 42.7 Å². The first-order valence-corrected chi connectivity index (χ1v) is 6.68. The van der Waals surface area contributed by atoms with Gasteiger partial charge in [0, 0.05) is 12.4 Å². The lowest BCUT2D eigenvalue weighted by Gasteiger charge is -2.12. The van der Waals surface area contributed by atoms with E-state index in [0.29, 0.717) is 0 Å². The second kappa shape index (κ2) is 5.82. The van der Waals surface area contributed by atoms with Crippen molar-refractivity contribution in [3.05, 3.63) is 42.7 Å². The summed E-state index contributed by atoms with van der Waals surface area (Å²) in [5, 5.41) is 7.08. The molecule has 94 valence electrons. The monoisotopic (exact) mass is 307 g/mol. The molecule has 1 atom stereocenters. The lowest BCUT2D eigenvalue weighted by molar-refractivity contribution is -0.115. The standard InChI is InChI=1S/C13H14BrN3O/c1-2-10(14)13(18)16-11-6-3-4-7-12(11)17-9-5-8-15-17/h3-10H,2H2,1H3,(H,16,18). The van der Waals surface area contributed by atoms with E-state index in [-0.39, 0.29) is 10.7 Å². The van der Waals surface area contributed by atoms with Gasteiger partial charge in [-0.3, -0.25) is 4.79 Å². The molecule has 0 saturated heterocycles. The minimum atomic E-state index is -0.178. The third-order valence-electron chi connectivity index (χ3n) is 2.56. The Hall–Kier alpha value is -1.62. The van der Waals surface area contributed by atoms with Crippen LogP contribution >= 0.6 is 15.9 Å². The number of hydrogen-bond donors (Lipinski definition) is 1. The number of rotatable bonds is 4. The zero-order valence-electron chi connectivity index (χ0n) is 10.0. The first kappa shape index (κ1) is 12.8. The molecule has 1 unspecified atom stereocenters. The Kier molecular flexibility index (Phi) is 4.15. The van der Waals surface area contributed by atoms with E-state index in [1.54, 1.807) is 10.9 Å². The fraction of sp³-hybridized carbons (Fsp3) is 0.231. The van der Waals surface area contributed by atoms with Crippen LogP contribution < -0.4 is 5.32 Å². The van der Waals surface area contributed by atoms with Gasteiger partial charge in [0.1, 0.15) is 0 Å². The Morgan fingerprint density at radius 1 is 1.44 bits per heavy atom. The molecule has 1 amide bonds. The van der Waals surface area contributed by atoms with Crippen LogP contribution in [0, 0.1) is 0 Å². The Balaban J connectivity index is 2.26. The second-order valence-electron chi connectivity index (χ2n) is 3.83. The summed E-state index contributed by atoms with van der Waals surface area (Å²) >= 11 is 3.34. The lowest BCUT2D eigenvalue weighted by Crippen LogP contribution is -2.22. The molecule has 0 saturated carbocycles. The summed E-state index contributed by atoms with van der Waals surface area (Å²) in [6.45, 7) is 1.96. The molecule has 0 aliphatic carbocycles. The van der Waals surface area contributed by atoms with Crippen LogP contribution in [0.4, 0.5) is 5.69 Å². The van der Waals surface area contributed by atoms with Gasteiger partial charge in [0.05, 0.1) is 16.2 Å². The van der Waals surface area contributed by atoms with Crippen LogP contribution in [0.5, 0.6) is 0 Å². The van der Waals surface area contributed by atoms with Crippen molar-refractivity contribution in [2.75, 3.05) is 5.32 Å². The van der Waals surface area contributed by atoms with Crippen LogP contribution in [-0.2, 0) is 4.79 Å². The molecule has 0 fully saturated rings. The normalized spacial score (nSPS) is 12.1. The van der Waals surface area contributed by atoms with E-state index in [9.17, 15) is 4.79 Å². The highest BCUT2D eigenvalue weighted by molar-refractivity contribution is 9.10. The van der Waals surface area contributed by atoms with Crippen molar-refractivity contribution in [2.24, 2.45) is 0 Å². The average Bonchev–Trinajstić information content (AvgIpc) is 2.92. The summed E-state index contributed by atoms with van der Waals surface area (Å²) in [6.07, 6.45) is 4.30. The van der Waals surface area contributed by atoms with E-state index < -0.39 is 0 Å². The summed E-state index contributed by atoms with van der Waals surface area (Å²) in [5.41, 5.74) is 1.61. The molecular weight excluding hydrogens is 294 g/mol. The predicted molar refractivity (Wildman–Crippen MR) is 75.2 cm³/mol. The van der Waals surface area contributed by atoms with Crippen molar-refractivity contribution in [3.8, 4) is 5.69 Å². The summed E-state index contributed by atoms with van der Waals surface area (Å²) in [7, 11) is 0. The number of hydrogen-bond acceptors (Lipinski definition) is 2. The number of aromatic nitrogens is 2. The second-order valence-corrected chi connectivity index (χ2v) is 4.94. The highest BCUT2D eigenvalue weighted by Gasteiger charge is 2.14. The Morgan fingerprint density at radius 3 is 2.89 bits per heavy atom. The molecule has 0 spiro atoms. The maximum absolute atomic E-state index is 11.9. The number of alkyl halides is 1. The number of halogens is 1. The third-order valence-corrected chi connectivity index (χ3v) is 3.62. The van der Waals surface area contributed by atoms with Crippen molar-refractivity contribution < 1.29 is 4.79 Å². The number of amides is 1. The van der Waals surface area contributed by atoms with Gasteiger partial charge in [0.25, 0.3) is 0 Å². The van der Waals surface area contributed by atoms with E-state index in [1.165, 1.54) is 0 Å². The Bertz CT molecular complexity index is 525. The van der Waals surface area contributed by atoms with Gasteiger partial charge in [0.2, 0.25) is 5.91 Å². The van der Waals surface area contributed by atoms with E-state index in [4.69, 9.17) is 0 Å². The molecule has 18 heavy (non-hydrogen) atoms. The van der Waals surface area contributed by atoms with Crippen molar-refractivity contribution in [1.82, 2.24) is 9.78 Å². The average molecular weight is 308 g/mol. The molecule has 0 aliphatic heterocycles. The third kappa shape index (κ3) is 2.79. The van der Waals surface area contributed by atoms with E-state index >= 15 is 0 Å². The van der Waals surface area contributed by atoms with Crippen LogP contribution in [-0.4, -0.2) is 20.5 Å². The van der Waals surface area contributed by atoms with Gasteiger partial charge in [-0.25, -0.2) is 4.68 Å². The van der Waals surface area contributed by atoms with E-state index in [2.05, 4.69) is 26.3 Å². The van der Waals surface area contributed by atoms with Crippen LogP contribution in [0.25, 0.3) is 5.69 Å². The number of benzene rings is 1. The molecule has 1 aromatic carbocycles. The van der Waals surface area contributed by atoms with E-state index in [0.717, 1.165) is 17.8 Å². The zero-order valence-corrected chi connectivity index (χ0v) is 11.6. The van der Waals surface area contributed by atoms with Gasteiger partial charge in [-0.1, -0.05) is 35.0 Å².